The molecule has 4 aromatic rings. The van der Waals surface area contributed by atoms with Crippen LogP contribution in [0.3, 0.4) is 0 Å². The van der Waals surface area contributed by atoms with Crippen molar-refractivity contribution in [2.75, 3.05) is 0 Å². The van der Waals surface area contributed by atoms with E-state index in [4.69, 9.17) is 27.9 Å². The molecule has 0 saturated heterocycles. The summed E-state index contributed by atoms with van der Waals surface area (Å²) in [6.45, 7) is 0.328. The fourth-order valence-electron chi connectivity index (χ4n) is 2.72. The molecule has 148 valence electrons. The third-order valence-corrected chi connectivity index (χ3v) is 6.76. The summed E-state index contributed by atoms with van der Waals surface area (Å²) in [6, 6.07) is 23.1. The number of halogens is 2. The van der Waals surface area contributed by atoms with Crippen LogP contribution in [0.4, 0.5) is 0 Å². The van der Waals surface area contributed by atoms with Crippen molar-refractivity contribution in [2.24, 2.45) is 0 Å². The van der Waals surface area contributed by atoms with Gasteiger partial charge in [0.15, 0.2) is 4.34 Å². The molecule has 0 spiro atoms. The highest BCUT2D eigenvalue weighted by atomic mass is 35.5. The van der Waals surface area contributed by atoms with Crippen molar-refractivity contribution >= 4 is 62.6 Å². The number of hydrogen-bond acceptors (Lipinski definition) is 5. The minimum Gasteiger partial charge on any atom is -0.489 e. The lowest BCUT2D eigenvalue weighted by molar-refractivity contribution is 0.306. The third kappa shape index (κ3) is 5.16. The van der Waals surface area contributed by atoms with E-state index >= 15 is 0 Å². The molecule has 1 heterocycles. The predicted molar refractivity (Wildman–Crippen MR) is 126 cm³/mol. The fraction of sp³-hybridized carbons (Fsp3) is 0.0435. The molecule has 0 radical (unpaired) electrons. The Morgan fingerprint density at radius 3 is 2.77 bits per heavy atom. The second-order valence-corrected chi connectivity index (χ2v) is 9.43. The summed E-state index contributed by atoms with van der Waals surface area (Å²) in [5.74, 6) is 0.692. The normalized spacial score (nSPS) is 11.4. The minimum atomic E-state index is 0.328. The van der Waals surface area contributed by atoms with Crippen LogP contribution in [0.15, 0.2) is 76.0 Å². The highest BCUT2D eigenvalue weighted by Gasteiger charge is 2.08. The Hall–Kier alpha value is -2.49. The van der Waals surface area contributed by atoms with Gasteiger partial charge in [0.05, 0.1) is 15.1 Å². The first kappa shape index (κ1) is 20.8. The van der Waals surface area contributed by atoms with Crippen molar-refractivity contribution in [2.45, 2.75) is 10.9 Å². The molecule has 0 aliphatic heterocycles. The topological polar surface area (TPSA) is 45.9 Å². The van der Waals surface area contributed by atoms with Crippen LogP contribution >= 0.6 is 46.3 Å². The number of para-hydroxylation sites is 1. The number of nitrogens with zero attached hydrogens (tertiary/aromatic N) is 2. The van der Waals surface area contributed by atoms with E-state index in [0.717, 1.165) is 25.7 Å². The SMILES string of the molecule is N#C/C(=C\c1cccc(OCc2ccc(Cl)cc2Cl)c1)Sc1nc2ccccc2s1. The summed E-state index contributed by atoms with van der Waals surface area (Å²) in [6.07, 6.45) is 1.83. The lowest BCUT2D eigenvalue weighted by atomic mass is 10.2. The average Bonchev–Trinajstić information content (AvgIpc) is 3.15. The van der Waals surface area contributed by atoms with Gasteiger partial charge in [-0.3, -0.25) is 0 Å². The molecule has 0 N–H and O–H groups in total. The summed E-state index contributed by atoms with van der Waals surface area (Å²) in [5.41, 5.74) is 2.67. The molecule has 0 amide bonds. The molecule has 7 heteroatoms. The molecule has 0 saturated carbocycles. The van der Waals surface area contributed by atoms with Gasteiger partial charge in [-0.15, -0.1) is 11.3 Å². The largest absolute Gasteiger partial charge is 0.489 e. The van der Waals surface area contributed by atoms with Gasteiger partial charge in [-0.05, 0) is 59.8 Å². The lowest BCUT2D eigenvalue weighted by Gasteiger charge is -2.09. The summed E-state index contributed by atoms with van der Waals surface area (Å²) in [4.78, 5) is 5.14. The van der Waals surface area contributed by atoms with Crippen LogP contribution in [0.25, 0.3) is 16.3 Å². The van der Waals surface area contributed by atoms with Crippen LogP contribution in [-0.4, -0.2) is 4.98 Å². The van der Waals surface area contributed by atoms with E-state index in [1.807, 2.05) is 60.7 Å². The Balaban J connectivity index is 1.48. The standard InChI is InChI=1S/C23H14Cl2N2OS2/c24-17-9-8-16(20(25)12-17)14-28-18-5-3-4-15(10-18)11-19(13-26)29-23-27-21-6-1-2-7-22(21)30-23/h1-12H,14H2/b19-11+. The Labute approximate surface area is 192 Å². The molecule has 1 aromatic heterocycles. The molecule has 0 fully saturated rings. The number of thiazole rings is 1. The van der Waals surface area contributed by atoms with E-state index in [2.05, 4.69) is 11.1 Å². The predicted octanol–water partition coefficient (Wildman–Crippen LogP) is 7.84. The monoisotopic (exact) mass is 468 g/mol. The summed E-state index contributed by atoms with van der Waals surface area (Å²) < 4.78 is 7.82. The van der Waals surface area contributed by atoms with Gasteiger partial charge in [0.25, 0.3) is 0 Å². The number of thioether (sulfide) groups is 1. The summed E-state index contributed by atoms with van der Waals surface area (Å²) in [5, 5.41) is 10.7. The molecule has 0 atom stereocenters. The van der Waals surface area contributed by atoms with Crippen molar-refractivity contribution in [3.8, 4) is 11.8 Å². The molecule has 0 aliphatic carbocycles. The molecule has 4 rings (SSSR count). The van der Waals surface area contributed by atoms with E-state index < -0.39 is 0 Å². The van der Waals surface area contributed by atoms with Crippen LogP contribution in [0.2, 0.25) is 10.0 Å². The van der Waals surface area contributed by atoms with Gasteiger partial charge in [0.2, 0.25) is 0 Å². The molecule has 0 bridgehead atoms. The van der Waals surface area contributed by atoms with Gasteiger partial charge in [0.1, 0.15) is 18.4 Å². The maximum absolute atomic E-state index is 9.58. The fourth-order valence-corrected chi connectivity index (χ4v) is 5.16. The second-order valence-electron chi connectivity index (χ2n) is 6.27. The smallest absolute Gasteiger partial charge is 0.156 e. The van der Waals surface area contributed by atoms with Gasteiger partial charge >= 0.3 is 0 Å². The molecular formula is C23H14Cl2N2OS2. The molecule has 3 aromatic carbocycles. The first-order valence-electron chi connectivity index (χ1n) is 8.93. The first-order valence-corrected chi connectivity index (χ1v) is 11.3. The van der Waals surface area contributed by atoms with E-state index in [9.17, 15) is 5.26 Å². The highest BCUT2D eigenvalue weighted by molar-refractivity contribution is 8.05. The van der Waals surface area contributed by atoms with E-state index in [-0.39, 0.29) is 0 Å². The average molecular weight is 469 g/mol. The first-order chi connectivity index (χ1) is 14.6. The van der Waals surface area contributed by atoms with Crippen LogP contribution < -0.4 is 4.74 Å². The second kappa shape index (κ2) is 9.55. The molecule has 30 heavy (non-hydrogen) atoms. The maximum atomic E-state index is 9.58. The van der Waals surface area contributed by atoms with Gasteiger partial charge in [-0.25, -0.2) is 4.98 Å². The number of benzene rings is 3. The van der Waals surface area contributed by atoms with Crippen LogP contribution in [0.5, 0.6) is 5.75 Å². The molecule has 0 unspecified atom stereocenters. The number of hydrogen-bond donors (Lipinski definition) is 0. The van der Waals surface area contributed by atoms with Crippen LogP contribution in [0.1, 0.15) is 11.1 Å². The molecular weight excluding hydrogens is 455 g/mol. The molecule has 0 aliphatic rings. The zero-order chi connectivity index (χ0) is 20.9. The van der Waals surface area contributed by atoms with Crippen molar-refractivity contribution in [3.05, 3.63) is 92.8 Å². The highest BCUT2D eigenvalue weighted by Crippen LogP contribution is 2.34. The Kier molecular flexibility index (Phi) is 6.61. The van der Waals surface area contributed by atoms with Crippen molar-refractivity contribution in [1.82, 2.24) is 4.98 Å². The Bertz CT molecular complexity index is 1240. The number of ether oxygens (including phenoxy) is 1. The minimum absolute atomic E-state index is 0.328. The number of nitriles is 1. The Morgan fingerprint density at radius 1 is 1.10 bits per heavy atom. The van der Waals surface area contributed by atoms with Crippen molar-refractivity contribution in [3.63, 3.8) is 0 Å². The number of fused-ring (bicyclic) bond motifs is 1. The van der Waals surface area contributed by atoms with Gasteiger partial charge in [-0.2, -0.15) is 5.26 Å². The van der Waals surface area contributed by atoms with Gasteiger partial charge < -0.3 is 4.74 Å². The summed E-state index contributed by atoms with van der Waals surface area (Å²) >= 11 is 15.1. The van der Waals surface area contributed by atoms with Crippen molar-refractivity contribution in [1.29, 1.82) is 5.26 Å². The Morgan fingerprint density at radius 2 is 1.97 bits per heavy atom. The van der Waals surface area contributed by atoms with Gasteiger partial charge in [-0.1, -0.05) is 53.5 Å². The van der Waals surface area contributed by atoms with E-state index in [1.54, 1.807) is 23.5 Å². The number of aromatic nitrogens is 1. The quantitative estimate of drug-likeness (QED) is 0.213. The summed E-state index contributed by atoms with van der Waals surface area (Å²) in [7, 11) is 0. The van der Waals surface area contributed by atoms with Crippen LogP contribution in [-0.2, 0) is 6.61 Å². The van der Waals surface area contributed by atoms with Gasteiger partial charge in [0, 0.05) is 15.6 Å². The van der Waals surface area contributed by atoms with E-state index in [1.165, 1.54) is 11.8 Å². The lowest BCUT2D eigenvalue weighted by Crippen LogP contribution is -1.96. The van der Waals surface area contributed by atoms with Crippen LogP contribution in [0, 0.1) is 11.3 Å². The number of allylic oxidation sites excluding steroid dienone is 1. The zero-order valence-corrected chi connectivity index (χ0v) is 18.7. The number of rotatable bonds is 6. The third-order valence-electron chi connectivity index (χ3n) is 4.15. The van der Waals surface area contributed by atoms with Crippen molar-refractivity contribution < 1.29 is 4.74 Å². The maximum Gasteiger partial charge on any atom is 0.156 e. The van der Waals surface area contributed by atoms with E-state index in [0.29, 0.717) is 27.3 Å². The molecule has 3 nitrogen and oxygen atoms in total. The zero-order valence-electron chi connectivity index (χ0n) is 15.5.